The highest BCUT2D eigenvalue weighted by atomic mass is 32.2. The molecule has 0 saturated heterocycles. The van der Waals surface area contributed by atoms with Gasteiger partial charge in [-0.05, 0) is 50.2 Å². The van der Waals surface area contributed by atoms with E-state index in [1.165, 1.54) is 12.1 Å². The number of carbonyl (C=O) groups is 2. The van der Waals surface area contributed by atoms with Crippen LogP contribution in [0, 0.1) is 0 Å². The van der Waals surface area contributed by atoms with Gasteiger partial charge >= 0.3 is 0 Å². The summed E-state index contributed by atoms with van der Waals surface area (Å²) in [5, 5.41) is 4.78. The van der Waals surface area contributed by atoms with Gasteiger partial charge in [0.05, 0.1) is 15.7 Å². The Kier molecular flexibility index (Phi) is 6.15. The molecular weight excluding hydrogens is 352 g/mol. The molecule has 0 saturated carbocycles. The second kappa shape index (κ2) is 8.14. The molecule has 6 nitrogen and oxygen atoms in total. The third-order valence-electron chi connectivity index (χ3n) is 3.81. The van der Waals surface area contributed by atoms with Crippen molar-refractivity contribution in [3.8, 4) is 0 Å². The van der Waals surface area contributed by atoms with E-state index in [-0.39, 0.29) is 16.4 Å². The molecule has 138 valence electrons. The molecular formula is C19H22N2O4S. The molecule has 0 bridgehead atoms. The minimum atomic E-state index is -3.58. The van der Waals surface area contributed by atoms with Gasteiger partial charge < -0.3 is 10.6 Å². The lowest BCUT2D eigenvalue weighted by Gasteiger charge is -2.13. The van der Waals surface area contributed by atoms with Gasteiger partial charge in [0.25, 0.3) is 5.91 Å². The highest BCUT2D eigenvalue weighted by Crippen LogP contribution is 2.22. The summed E-state index contributed by atoms with van der Waals surface area (Å²) in [6, 6.07) is 12.8. The zero-order valence-corrected chi connectivity index (χ0v) is 15.8. The van der Waals surface area contributed by atoms with Crippen molar-refractivity contribution in [2.24, 2.45) is 0 Å². The van der Waals surface area contributed by atoms with Crippen molar-refractivity contribution in [1.29, 1.82) is 0 Å². The van der Waals surface area contributed by atoms with Crippen molar-refractivity contribution in [3.05, 3.63) is 54.1 Å². The molecule has 2 N–H and O–H groups in total. The molecule has 0 aromatic heterocycles. The van der Waals surface area contributed by atoms with Gasteiger partial charge in [0, 0.05) is 17.8 Å². The SMILES string of the molecule is CCC(=O)Nc1ccc(NC(=O)c2ccccc2S(=O)(=O)C(C)C)cc1. The van der Waals surface area contributed by atoms with Gasteiger partial charge in [-0.1, -0.05) is 19.1 Å². The Balaban J connectivity index is 2.22. The molecule has 0 fully saturated rings. The molecule has 0 unspecified atom stereocenters. The van der Waals surface area contributed by atoms with Crippen LogP contribution in [0.1, 0.15) is 37.6 Å². The third kappa shape index (κ3) is 4.49. The molecule has 2 amide bonds. The first-order valence-corrected chi connectivity index (χ1v) is 9.84. The average Bonchev–Trinajstić information content (AvgIpc) is 2.63. The minimum Gasteiger partial charge on any atom is -0.326 e. The summed E-state index contributed by atoms with van der Waals surface area (Å²) < 4.78 is 24.9. The maximum atomic E-state index is 12.6. The number of benzene rings is 2. The number of hydrogen-bond acceptors (Lipinski definition) is 4. The third-order valence-corrected chi connectivity index (χ3v) is 6.02. The number of hydrogen-bond donors (Lipinski definition) is 2. The minimum absolute atomic E-state index is 0.0133. The molecule has 0 aliphatic rings. The van der Waals surface area contributed by atoms with Crippen LogP contribution in [0.15, 0.2) is 53.4 Å². The predicted octanol–water partition coefficient (Wildman–Crippen LogP) is 3.47. The highest BCUT2D eigenvalue weighted by molar-refractivity contribution is 7.92. The quantitative estimate of drug-likeness (QED) is 0.810. The average molecular weight is 374 g/mol. The second-order valence-electron chi connectivity index (χ2n) is 6.02. The maximum absolute atomic E-state index is 12.6. The molecule has 0 heterocycles. The van der Waals surface area contributed by atoms with Crippen molar-refractivity contribution in [2.45, 2.75) is 37.3 Å². The van der Waals surface area contributed by atoms with E-state index in [1.807, 2.05) is 0 Å². The van der Waals surface area contributed by atoms with Gasteiger partial charge in [-0.15, -0.1) is 0 Å². The Hall–Kier alpha value is -2.67. The van der Waals surface area contributed by atoms with Crippen molar-refractivity contribution < 1.29 is 18.0 Å². The van der Waals surface area contributed by atoms with Gasteiger partial charge in [0.2, 0.25) is 5.91 Å². The van der Waals surface area contributed by atoms with Crippen molar-refractivity contribution in [3.63, 3.8) is 0 Å². The molecule has 2 aromatic carbocycles. The Morgan fingerprint density at radius 2 is 1.46 bits per heavy atom. The fourth-order valence-corrected chi connectivity index (χ4v) is 3.48. The predicted molar refractivity (Wildman–Crippen MR) is 102 cm³/mol. The van der Waals surface area contributed by atoms with Crippen LogP contribution in [-0.2, 0) is 14.6 Å². The molecule has 0 aliphatic carbocycles. The van der Waals surface area contributed by atoms with E-state index in [2.05, 4.69) is 10.6 Å². The van der Waals surface area contributed by atoms with Crippen LogP contribution >= 0.6 is 0 Å². The topological polar surface area (TPSA) is 92.3 Å². The Morgan fingerprint density at radius 3 is 2.00 bits per heavy atom. The molecule has 0 aliphatic heterocycles. The van der Waals surface area contributed by atoms with E-state index in [0.29, 0.717) is 17.8 Å². The summed E-state index contributed by atoms with van der Waals surface area (Å²) >= 11 is 0. The Bertz CT molecular complexity index is 903. The number of anilines is 2. The van der Waals surface area contributed by atoms with Crippen LogP contribution in [0.4, 0.5) is 11.4 Å². The summed E-state index contributed by atoms with van der Waals surface area (Å²) in [4.78, 5) is 24.0. The largest absolute Gasteiger partial charge is 0.326 e. The van der Waals surface area contributed by atoms with E-state index in [1.54, 1.807) is 57.2 Å². The van der Waals surface area contributed by atoms with Gasteiger partial charge in [-0.25, -0.2) is 8.42 Å². The van der Waals surface area contributed by atoms with Gasteiger partial charge in [-0.2, -0.15) is 0 Å². The zero-order valence-electron chi connectivity index (χ0n) is 14.9. The first kappa shape index (κ1) is 19.7. The highest BCUT2D eigenvalue weighted by Gasteiger charge is 2.25. The number of nitrogens with one attached hydrogen (secondary N) is 2. The second-order valence-corrected chi connectivity index (χ2v) is 8.50. The molecule has 0 atom stereocenters. The first-order chi connectivity index (χ1) is 12.3. The van der Waals surface area contributed by atoms with Crippen LogP contribution in [0.25, 0.3) is 0 Å². The van der Waals surface area contributed by atoms with E-state index in [0.717, 1.165) is 0 Å². The number of carbonyl (C=O) groups excluding carboxylic acids is 2. The maximum Gasteiger partial charge on any atom is 0.256 e. The van der Waals surface area contributed by atoms with Gasteiger partial charge in [0.15, 0.2) is 9.84 Å². The van der Waals surface area contributed by atoms with Gasteiger partial charge in [0.1, 0.15) is 0 Å². The van der Waals surface area contributed by atoms with Crippen LogP contribution in [0.5, 0.6) is 0 Å². The molecule has 2 aromatic rings. The standard InChI is InChI=1S/C19H22N2O4S/c1-4-18(22)20-14-9-11-15(12-10-14)21-19(23)16-7-5-6-8-17(16)26(24,25)13(2)3/h5-13H,4H2,1-3H3,(H,20,22)(H,21,23). The normalized spacial score (nSPS) is 11.2. The summed E-state index contributed by atoms with van der Waals surface area (Å²) in [6.45, 7) is 4.91. The summed E-state index contributed by atoms with van der Waals surface area (Å²) in [5.74, 6) is -0.607. The van der Waals surface area contributed by atoms with Crippen molar-refractivity contribution in [1.82, 2.24) is 0 Å². The first-order valence-electron chi connectivity index (χ1n) is 8.30. The van der Waals surface area contributed by atoms with E-state index in [4.69, 9.17) is 0 Å². The van der Waals surface area contributed by atoms with Crippen LogP contribution in [0.3, 0.4) is 0 Å². The van der Waals surface area contributed by atoms with Crippen molar-refractivity contribution >= 4 is 33.0 Å². The van der Waals surface area contributed by atoms with Crippen LogP contribution < -0.4 is 10.6 Å². The summed E-state index contributed by atoms with van der Waals surface area (Å²) in [7, 11) is -3.58. The van der Waals surface area contributed by atoms with Gasteiger partial charge in [-0.3, -0.25) is 9.59 Å². The lowest BCUT2D eigenvalue weighted by molar-refractivity contribution is -0.115. The van der Waals surface area contributed by atoms with Crippen LogP contribution in [0.2, 0.25) is 0 Å². The molecule has 2 rings (SSSR count). The Morgan fingerprint density at radius 1 is 0.923 bits per heavy atom. The molecule has 26 heavy (non-hydrogen) atoms. The van der Waals surface area contributed by atoms with E-state index in [9.17, 15) is 18.0 Å². The number of amides is 2. The van der Waals surface area contributed by atoms with E-state index < -0.39 is 21.0 Å². The van der Waals surface area contributed by atoms with Crippen molar-refractivity contribution in [2.75, 3.05) is 10.6 Å². The Labute approximate surface area is 153 Å². The molecule has 0 spiro atoms. The number of sulfone groups is 1. The molecule has 7 heteroatoms. The number of rotatable bonds is 6. The van der Waals surface area contributed by atoms with E-state index >= 15 is 0 Å². The zero-order chi connectivity index (χ0) is 19.3. The lowest BCUT2D eigenvalue weighted by Crippen LogP contribution is -2.20. The smallest absolute Gasteiger partial charge is 0.256 e. The summed E-state index contributed by atoms with van der Waals surface area (Å²) in [6.07, 6.45) is 0.375. The lowest BCUT2D eigenvalue weighted by atomic mass is 10.2. The fourth-order valence-electron chi connectivity index (χ4n) is 2.24. The van der Waals surface area contributed by atoms with Crippen LogP contribution in [-0.4, -0.2) is 25.5 Å². The molecule has 0 radical (unpaired) electrons. The fraction of sp³-hybridized carbons (Fsp3) is 0.263. The summed E-state index contributed by atoms with van der Waals surface area (Å²) in [5.41, 5.74) is 1.23. The monoisotopic (exact) mass is 374 g/mol.